The summed E-state index contributed by atoms with van der Waals surface area (Å²) in [5, 5.41) is 7.96. The number of fused-ring (bicyclic) bond motifs is 1. The van der Waals surface area contributed by atoms with Crippen LogP contribution in [0, 0.1) is 5.82 Å². The van der Waals surface area contributed by atoms with Crippen LogP contribution in [0.2, 0.25) is 0 Å². The van der Waals surface area contributed by atoms with Gasteiger partial charge in [-0.2, -0.15) is 5.10 Å². The summed E-state index contributed by atoms with van der Waals surface area (Å²) in [4.78, 5) is 17.0. The monoisotopic (exact) mass is 356 g/mol. The fourth-order valence-electron chi connectivity index (χ4n) is 2.51. The van der Waals surface area contributed by atoms with E-state index < -0.39 is 5.60 Å². The van der Waals surface area contributed by atoms with E-state index in [1.54, 1.807) is 26.2 Å². The number of amides is 1. The van der Waals surface area contributed by atoms with Crippen LogP contribution in [0.4, 0.5) is 10.1 Å². The van der Waals surface area contributed by atoms with Crippen molar-refractivity contribution < 1.29 is 13.9 Å². The van der Waals surface area contributed by atoms with Crippen LogP contribution >= 0.6 is 0 Å². The van der Waals surface area contributed by atoms with Crippen LogP contribution in [0.25, 0.3) is 11.0 Å². The number of pyridine rings is 1. The van der Waals surface area contributed by atoms with Crippen molar-refractivity contribution in [2.45, 2.75) is 39.3 Å². The Bertz CT molecular complexity index is 932. The highest BCUT2D eigenvalue weighted by Crippen LogP contribution is 2.22. The predicted octanol–water partition coefficient (Wildman–Crippen LogP) is 3.95. The molecule has 1 aromatic carbocycles. The molecule has 0 saturated heterocycles. The maximum Gasteiger partial charge on any atom is 0.268 e. The van der Waals surface area contributed by atoms with Gasteiger partial charge in [0.2, 0.25) is 0 Å². The Kier molecular flexibility index (Phi) is 4.63. The van der Waals surface area contributed by atoms with Crippen LogP contribution in [-0.2, 0) is 4.79 Å². The van der Waals surface area contributed by atoms with E-state index in [4.69, 9.17) is 4.74 Å². The third-order valence-electron chi connectivity index (χ3n) is 3.91. The van der Waals surface area contributed by atoms with Gasteiger partial charge in [-0.25, -0.2) is 14.1 Å². The minimum Gasteiger partial charge on any atom is -0.478 e. The number of rotatable bonds is 5. The van der Waals surface area contributed by atoms with Gasteiger partial charge in [0.25, 0.3) is 5.91 Å². The summed E-state index contributed by atoms with van der Waals surface area (Å²) in [7, 11) is 0. The Morgan fingerprint density at radius 3 is 2.58 bits per heavy atom. The fourth-order valence-corrected chi connectivity index (χ4v) is 2.51. The van der Waals surface area contributed by atoms with E-state index in [-0.39, 0.29) is 17.8 Å². The Balaban J connectivity index is 1.75. The van der Waals surface area contributed by atoms with E-state index in [0.717, 1.165) is 11.0 Å². The van der Waals surface area contributed by atoms with Gasteiger partial charge >= 0.3 is 0 Å². The topological polar surface area (TPSA) is 69.0 Å². The highest BCUT2D eigenvalue weighted by Gasteiger charge is 2.30. The number of anilines is 1. The number of hydrogen-bond donors (Lipinski definition) is 1. The number of nitrogens with zero attached hydrogens (tertiary/aromatic N) is 3. The first-order valence-electron chi connectivity index (χ1n) is 8.35. The molecule has 0 radical (unpaired) electrons. The second-order valence-electron chi connectivity index (χ2n) is 6.84. The highest BCUT2D eigenvalue weighted by molar-refractivity contribution is 5.98. The maximum absolute atomic E-state index is 13.0. The first-order chi connectivity index (χ1) is 12.3. The van der Waals surface area contributed by atoms with Gasteiger partial charge in [-0.3, -0.25) is 4.79 Å². The maximum atomic E-state index is 13.0. The zero-order chi connectivity index (χ0) is 18.9. The number of benzene rings is 1. The summed E-state index contributed by atoms with van der Waals surface area (Å²) in [5.74, 6) is -0.279. The minimum atomic E-state index is -1.14. The Morgan fingerprint density at radius 2 is 1.92 bits per heavy atom. The van der Waals surface area contributed by atoms with Crippen molar-refractivity contribution in [1.29, 1.82) is 0 Å². The Morgan fingerprint density at radius 1 is 1.23 bits per heavy atom. The summed E-state index contributed by atoms with van der Waals surface area (Å²) in [6, 6.07) is 7.56. The molecule has 2 heterocycles. The molecule has 0 saturated carbocycles. The van der Waals surface area contributed by atoms with E-state index in [1.165, 1.54) is 24.3 Å². The first kappa shape index (κ1) is 17.8. The zero-order valence-corrected chi connectivity index (χ0v) is 15.2. The number of ether oxygens (including phenoxy) is 1. The minimum absolute atomic E-state index is 0.198. The molecule has 2 aromatic heterocycles. The number of carbonyl (C=O) groups is 1. The third kappa shape index (κ3) is 3.66. The van der Waals surface area contributed by atoms with E-state index in [1.807, 2.05) is 24.6 Å². The second-order valence-corrected chi connectivity index (χ2v) is 6.84. The van der Waals surface area contributed by atoms with Gasteiger partial charge in [0.05, 0.1) is 18.1 Å². The SMILES string of the molecule is CC(C)n1ncc2cc(NC(=O)C(C)(C)Oc3ccc(F)cc3)cnc21. The summed E-state index contributed by atoms with van der Waals surface area (Å²) >= 11 is 0. The smallest absolute Gasteiger partial charge is 0.268 e. The summed E-state index contributed by atoms with van der Waals surface area (Å²) in [6.45, 7) is 7.35. The molecule has 0 aliphatic carbocycles. The molecule has 1 N–H and O–H groups in total. The second kappa shape index (κ2) is 6.74. The molecule has 136 valence electrons. The Labute approximate surface area is 151 Å². The van der Waals surface area contributed by atoms with Gasteiger partial charge in [0, 0.05) is 11.4 Å². The number of aromatic nitrogens is 3. The average molecular weight is 356 g/mol. The molecular weight excluding hydrogens is 335 g/mol. The van der Waals surface area contributed by atoms with Crippen molar-refractivity contribution in [2.24, 2.45) is 0 Å². The normalized spacial score (nSPS) is 11.8. The highest BCUT2D eigenvalue weighted by atomic mass is 19.1. The van der Waals surface area contributed by atoms with Crippen molar-refractivity contribution >= 4 is 22.6 Å². The number of hydrogen-bond acceptors (Lipinski definition) is 4. The predicted molar refractivity (Wildman–Crippen MR) is 97.6 cm³/mol. The molecule has 0 fully saturated rings. The van der Waals surface area contributed by atoms with Crippen molar-refractivity contribution in [3.05, 3.63) is 48.5 Å². The van der Waals surface area contributed by atoms with Gasteiger partial charge in [-0.1, -0.05) is 0 Å². The largest absolute Gasteiger partial charge is 0.478 e. The molecule has 0 aliphatic rings. The lowest BCUT2D eigenvalue weighted by molar-refractivity contribution is -0.128. The van der Waals surface area contributed by atoms with Gasteiger partial charge in [0.15, 0.2) is 11.2 Å². The molecular formula is C19H21FN4O2. The quantitative estimate of drug-likeness (QED) is 0.752. The van der Waals surface area contributed by atoms with Crippen LogP contribution in [0.3, 0.4) is 0 Å². The average Bonchev–Trinajstić information content (AvgIpc) is 3.00. The van der Waals surface area contributed by atoms with E-state index in [2.05, 4.69) is 15.4 Å². The van der Waals surface area contributed by atoms with Crippen LogP contribution in [0.5, 0.6) is 5.75 Å². The molecule has 3 aromatic rings. The van der Waals surface area contributed by atoms with Crippen molar-refractivity contribution in [3.63, 3.8) is 0 Å². The lowest BCUT2D eigenvalue weighted by Gasteiger charge is -2.25. The molecule has 3 rings (SSSR count). The lowest BCUT2D eigenvalue weighted by Crippen LogP contribution is -2.42. The third-order valence-corrected chi connectivity index (χ3v) is 3.91. The molecule has 1 amide bonds. The van der Waals surface area contributed by atoms with Crippen molar-refractivity contribution in [3.8, 4) is 5.75 Å². The molecule has 0 atom stereocenters. The zero-order valence-electron chi connectivity index (χ0n) is 15.2. The molecule has 26 heavy (non-hydrogen) atoms. The lowest BCUT2D eigenvalue weighted by atomic mass is 10.1. The number of halogens is 1. The molecule has 0 unspecified atom stereocenters. The van der Waals surface area contributed by atoms with Crippen molar-refractivity contribution in [1.82, 2.24) is 14.8 Å². The van der Waals surface area contributed by atoms with Crippen LogP contribution < -0.4 is 10.1 Å². The van der Waals surface area contributed by atoms with E-state index >= 15 is 0 Å². The standard InChI is InChI=1S/C19H21FN4O2/c1-12(2)24-17-13(10-22-24)9-15(11-21-17)23-18(25)19(3,4)26-16-7-5-14(20)6-8-16/h5-12H,1-4H3,(H,23,25). The Hall–Kier alpha value is -2.96. The molecule has 6 nitrogen and oxygen atoms in total. The molecule has 0 aliphatic heterocycles. The first-order valence-corrected chi connectivity index (χ1v) is 8.35. The van der Waals surface area contributed by atoms with Gasteiger partial charge in [-0.05, 0) is 58.0 Å². The number of carbonyl (C=O) groups excluding carboxylic acids is 1. The molecule has 7 heteroatoms. The van der Waals surface area contributed by atoms with E-state index in [0.29, 0.717) is 11.4 Å². The van der Waals surface area contributed by atoms with Gasteiger partial charge in [-0.15, -0.1) is 0 Å². The molecule has 0 spiro atoms. The van der Waals surface area contributed by atoms with Crippen molar-refractivity contribution in [2.75, 3.05) is 5.32 Å². The van der Waals surface area contributed by atoms with Crippen LogP contribution in [0.15, 0.2) is 42.7 Å². The fraction of sp³-hybridized carbons (Fsp3) is 0.316. The summed E-state index contributed by atoms with van der Waals surface area (Å²) in [6.07, 6.45) is 3.31. The summed E-state index contributed by atoms with van der Waals surface area (Å²) < 4.78 is 20.5. The van der Waals surface area contributed by atoms with Gasteiger partial charge < -0.3 is 10.1 Å². The van der Waals surface area contributed by atoms with Gasteiger partial charge in [0.1, 0.15) is 11.6 Å². The van der Waals surface area contributed by atoms with Crippen LogP contribution in [-0.4, -0.2) is 26.3 Å². The molecule has 0 bridgehead atoms. The number of nitrogens with one attached hydrogen (secondary N) is 1. The van der Waals surface area contributed by atoms with Crippen LogP contribution in [0.1, 0.15) is 33.7 Å². The summed E-state index contributed by atoms with van der Waals surface area (Å²) in [5.41, 5.74) is 0.177. The van der Waals surface area contributed by atoms with E-state index in [9.17, 15) is 9.18 Å².